The van der Waals surface area contributed by atoms with Crippen LogP contribution in [-0.2, 0) is 0 Å². The number of benzene rings is 1. The molecular formula is C13H8BrNOS2. The number of amides is 1. The molecule has 0 saturated carbocycles. The van der Waals surface area contributed by atoms with E-state index in [1.54, 1.807) is 11.3 Å². The number of anilines is 1. The van der Waals surface area contributed by atoms with Crippen LogP contribution in [0.15, 0.2) is 46.3 Å². The van der Waals surface area contributed by atoms with Gasteiger partial charge in [0.2, 0.25) is 0 Å². The summed E-state index contributed by atoms with van der Waals surface area (Å²) in [6, 6.07) is 11.5. The largest absolute Gasteiger partial charge is 0.321 e. The molecule has 0 atom stereocenters. The highest BCUT2D eigenvalue weighted by Gasteiger charge is 2.11. The molecule has 0 spiro atoms. The summed E-state index contributed by atoms with van der Waals surface area (Å²) in [7, 11) is 0. The van der Waals surface area contributed by atoms with E-state index in [2.05, 4.69) is 21.2 Å². The van der Waals surface area contributed by atoms with E-state index in [1.807, 2.05) is 41.8 Å². The lowest BCUT2D eigenvalue weighted by Crippen LogP contribution is -2.09. The highest BCUT2D eigenvalue weighted by molar-refractivity contribution is 9.10. The fraction of sp³-hybridized carbons (Fsp3) is 0. The van der Waals surface area contributed by atoms with Gasteiger partial charge in [-0.15, -0.1) is 22.7 Å². The summed E-state index contributed by atoms with van der Waals surface area (Å²) in [4.78, 5) is 12.8. The fourth-order valence-electron chi connectivity index (χ4n) is 1.60. The number of fused-ring (bicyclic) bond motifs is 1. The van der Waals surface area contributed by atoms with E-state index in [0.29, 0.717) is 0 Å². The molecule has 0 saturated heterocycles. The Balaban J connectivity index is 1.82. The van der Waals surface area contributed by atoms with Gasteiger partial charge in [0.15, 0.2) is 0 Å². The molecule has 0 unspecified atom stereocenters. The first kappa shape index (κ1) is 11.9. The highest BCUT2D eigenvalue weighted by Crippen LogP contribution is 2.30. The minimum absolute atomic E-state index is 0.0503. The van der Waals surface area contributed by atoms with Gasteiger partial charge in [0.05, 0.1) is 4.88 Å². The Kier molecular flexibility index (Phi) is 3.20. The van der Waals surface area contributed by atoms with Crippen molar-refractivity contribution in [2.24, 2.45) is 0 Å². The summed E-state index contributed by atoms with van der Waals surface area (Å²) in [5.74, 6) is -0.0503. The van der Waals surface area contributed by atoms with Crippen LogP contribution in [0.1, 0.15) is 9.67 Å². The van der Waals surface area contributed by atoms with Gasteiger partial charge < -0.3 is 5.32 Å². The van der Waals surface area contributed by atoms with Crippen LogP contribution in [0.4, 0.5) is 5.69 Å². The molecule has 1 N–H and O–H groups in total. The van der Waals surface area contributed by atoms with E-state index >= 15 is 0 Å². The van der Waals surface area contributed by atoms with Crippen molar-refractivity contribution in [2.75, 3.05) is 5.32 Å². The van der Waals surface area contributed by atoms with Crippen LogP contribution >= 0.6 is 38.6 Å². The van der Waals surface area contributed by atoms with Crippen molar-refractivity contribution in [1.29, 1.82) is 0 Å². The standard InChI is InChI=1S/C13H8BrNOS2/c14-8-1-3-9(4-2-8)15-13(16)12-7-11-10(18-12)5-6-17-11/h1-7H,(H,15,16). The first-order valence-electron chi connectivity index (χ1n) is 5.26. The zero-order valence-corrected chi connectivity index (χ0v) is 12.4. The van der Waals surface area contributed by atoms with Gasteiger partial charge in [-0.05, 0) is 41.8 Å². The molecular weight excluding hydrogens is 330 g/mol. The number of hydrogen-bond donors (Lipinski definition) is 1. The molecule has 2 nitrogen and oxygen atoms in total. The van der Waals surface area contributed by atoms with Crippen LogP contribution in [0, 0.1) is 0 Å². The van der Waals surface area contributed by atoms with Crippen LogP contribution in [0.25, 0.3) is 9.40 Å². The molecule has 0 bridgehead atoms. The third-order valence-electron chi connectivity index (χ3n) is 2.47. The second-order valence-corrected chi connectivity index (χ2v) is 6.67. The van der Waals surface area contributed by atoms with E-state index in [0.717, 1.165) is 15.0 Å². The minimum Gasteiger partial charge on any atom is -0.321 e. The molecule has 1 amide bonds. The molecule has 90 valence electrons. The van der Waals surface area contributed by atoms with Crippen molar-refractivity contribution in [3.05, 3.63) is 51.1 Å². The Hall–Kier alpha value is -1.17. The smallest absolute Gasteiger partial charge is 0.265 e. The molecule has 0 radical (unpaired) electrons. The number of hydrogen-bond acceptors (Lipinski definition) is 3. The maximum atomic E-state index is 12.1. The number of nitrogens with one attached hydrogen (secondary N) is 1. The van der Waals surface area contributed by atoms with Gasteiger partial charge in [0.25, 0.3) is 5.91 Å². The minimum atomic E-state index is -0.0503. The number of rotatable bonds is 2. The average Bonchev–Trinajstić information content (AvgIpc) is 2.92. The number of halogens is 1. The maximum absolute atomic E-state index is 12.1. The van der Waals surface area contributed by atoms with E-state index in [9.17, 15) is 4.79 Å². The SMILES string of the molecule is O=C(Nc1ccc(Br)cc1)c1cc2sccc2s1. The summed E-state index contributed by atoms with van der Waals surface area (Å²) in [6.07, 6.45) is 0. The molecule has 0 aliphatic carbocycles. The Bertz CT molecular complexity index is 671. The third-order valence-corrected chi connectivity index (χ3v) is 5.09. The molecule has 0 fully saturated rings. The molecule has 2 aromatic heterocycles. The van der Waals surface area contributed by atoms with Crippen LogP contribution in [-0.4, -0.2) is 5.91 Å². The predicted octanol–water partition coefficient (Wildman–Crippen LogP) is 4.98. The molecule has 18 heavy (non-hydrogen) atoms. The zero-order valence-electron chi connectivity index (χ0n) is 9.14. The van der Waals surface area contributed by atoms with Gasteiger partial charge in [-0.2, -0.15) is 0 Å². The maximum Gasteiger partial charge on any atom is 0.265 e. The summed E-state index contributed by atoms with van der Waals surface area (Å²) in [6.45, 7) is 0. The molecule has 2 heterocycles. The monoisotopic (exact) mass is 337 g/mol. The van der Waals surface area contributed by atoms with Crippen molar-refractivity contribution in [2.45, 2.75) is 0 Å². The molecule has 0 aliphatic rings. The lowest BCUT2D eigenvalue weighted by atomic mass is 10.3. The fourth-order valence-corrected chi connectivity index (χ4v) is 3.87. The number of carbonyl (C=O) groups excluding carboxylic acids is 1. The second kappa shape index (κ2) is 4.84. The average molecular weight is 338 g/mol. The van der Waals surface area contributed by atoms with E-state index in [4.69, 9.17) is 0 Å². The third kappa shape index (κ3) is 2.34. The summed E-state index contributed by atoms with van der Waals surface area (Å²) < 4.78 is 3.33. The molecule has 0 aliphatic heterocycles. The summed E-state index contributed by atoms with van der Waals surface area (Å²) in [5, 5.41) is 4.93. The van der Waals surface area contributed by atoms with Crippen molar-refractivity contribution < 1.29 is 4.79 Å². The Morgan fingerprint density at radius 1 is 1.11 bits per heavy atom. The van der Waals surface area contributed by atoms with Crippen molar-refractivity contribution in [3.63, 3.8) is 0 Å². The summed E-state index contributed by atoms with van der Waals surface area (Å²) in [5.41, 5.74) is 0.806. The first-order valence-corrected chi connectivity index (χ1v) is 7.75. The second-order valence-electron chi connectivity index (χ2n) is 3.72. The van der Waals surface area contributed by atoms with Gasteiger partial charge >= 0.3 is 0 Å². The molecule has 3 rings (SSSR count). The lowest BCUT2D eigenvalue weighted by molar-refractivity contribution is 0.103. The lowest BCUT2D eigenvalue weighted by Gasteiger charge is -2.02. The van der Waals surface area contributed by atoms with Gasteiger partial charge in [0.1, 0.15) is 0 Å². The van der Waals surface area contributed by atoms with Gasteiger partial charge in [-0.1, -0.05) is 15.9 Å². The quantitative estimate of drug-likeness (QED) is 0.702. The van der Waals surface area contributed by atoms with E-state index < -0.39 is 0 Å². The number of carbonyl (C=O) groups is 1. The van der Waals surface area contributed by atoms with Crippen molar-refractivity contribution in [1.82, 2.24) is 0 Å². The van der Waals surface area contributed by atoms with Crippen LogP contribution in [0.3, 0.4) is 0 Å². The Labute approximate surface area is 120 Å². The Morgan fingerprint density at radius 3 is 2.61 bits per heavy atom. The Morgan fingerprint density at radius 2 is 1.89 bits per heavy atom. The number of thiophene rings is 2. The highest BCUT2D eigenvalue weighted by atomic mass is 79.9. The van der Waals surface area contributed by atoms with Crippen molar-refractivity contribution in [3.8, 4) is 0 Å². The van der Waals surface area contributed by atoms with Crippen LogP contribution in [0.5, 0.6) is 0 Å². The predicted molar refractivity (Wildman–Crippen MR) is 81.8 cm³/mol. The van der Waals surface area contributed by atoms with Crippen LogP contribution < -0.4 is 5.32 Å². The molecule has 1 aromatic carbocycles. The first-order chi connectivity index (χ1) is 8.72. The van der Waals surface area contributed by atoms with Gasteiger partial charge in [-0.3, -0.25) is 4.79 Å². The van der Waals surface area contributed by atoms with E-state index in [1.165, 1.54) is 20.7 Å². The van der Waals surface area contributed by atoms with Gasteiger partial charge in [-0.25, -0.2) is 0 Å². The summed E-state index contributed by atoms with van der Waals surface area (Å²) >= 11 is 6.55. The zero-order chi connectivity index (χ0) is 12.5. The van der Waals surface area contributed by atoms with Crippen molar-refractivity contribution >= 4 is 59.6 Å². The molecule has 5 heteroatoms. The van der Waals surface area contributed by atoms with Crippen LogP contribution in [0.2, 0.25) is 0 Å². The molecule has 3 aromatic rings. The normalized spacial score (nSPS) is 10.7. The van der Waals surface area contributed by atoms with Gasteiger partial charge in [0, 0.05) is 19.6 Å². The van der Waals surface area contributed by atoms with E-state index in [-0.39, 0.29) is 5.91 Å². The topological polar surface area (TPSA) is 29.1 Å².